The minimum absolute atomic E-state index is 0.0393. The molecule has 0 aliphatic carbocycles. The fraction of sp³-hybridized carbons (Fsp3) is 0.417. The number of hydrogen-bond donors (Lipinski definition) is 1. The predicted octanol–water partition coefficient (Wildman–Crippen LogP) is 2.80. The number of ether oxygens (including phenoxy) is 1. The van der Waals surface area contributed by atoms with Crippen molar-refractivity contribution in [2.24, 2.45) is 0 Å². The van der Waals surface area contributed by atoms with Gasteiger partial charge in [0.2, 0.25) is 0 Å². The number of methoxy groups -OCH3 is 1. The maximum Gasteiger partial charge on any atom is 0.327 e. The van der Waals surface area contributed by atoms with Crippen molar-refractivity contribution in [3.05, 3.63) is 34.1 Å². The van der Waals surface area contributed by atoms with Gasteiger partial charge in [-0.2, -0.15) is 0 Å². The van der Waals surface area contributed by atoms with E-state index in [1.54, 1.807) is 12.1 Å². The molecule has 0 radical (unpaired) electrons. The first kappa shape index (κ1) is 14.1. The lowest BCUT2D eigenvalue weighted by Gasteiger charge is -2.20. The van der Waals surface area contributed by atoms with E-state index in [2.05, 4.69) is 26.0 Å². The van der Waals surface area contributed by atoms with Crippen LogP contribution in [0, 0.1) is 5.82 Å². The van der Waals surface area contributed by atoms with Gasteiger partial charge in [0, 0.05) is 16.1 Å². The van der Waals surface area contributed by atoms with Crippen molar-refractivity contribution in [1.82, 2.24) is 5.32 Å². The van der Waals surface area contributed by atoms with Gasteiger partial charge in [0.15, 0.2) is 0 Å². The molecular formula is C12H15BrFNO2. The van der Waals surface area contributed by atoms with Crippen LogP contribution in [0.1, 0.15) is 25.5 Å². The van der Waals surface area contributed by atoms with Gasteiger partial charge in [-0.1, -0.05) is 15.9 Å². The summed E-state index contributed by atoms with van der Waals surface area (Å²) >= 11 is 3.26. The summed E-state index contributed by atoms with van der Waals surface area (Å²) in [4.78, 5) is 11.6. The van der Waals surface area contributed by atoms with Crippen LogP contribution in [-0.4, -0.2) is 19.1 Å². The Morgan fingerprint density at radius 1 is 1.47 bits per heavy atom. The van der Waals surface area contributed by atoms with E-state index >= 15 is 0 Å². The summed E-state index contributed by atoms with van der Waals surface area (Å²) in [5, 5.41) is 2.98. The van der Waals surface area contributed by atoms with E-state index in [0.717, 1.165) is 0 Å². The molecule has 1 aromatic rings. The molecule has 0 aromatic heterocycles. The van der Waals surface area contributed by atoms with Gasteiger partial charge in [-0.15, -0.1) is 0 Å². The number of carbonyl (C=O) groups excluding carboxylic acids is 1. The van der Waals surface area contributed by atoms with E-state index in [4.69, 9.17) is 0 Å². The van der Waals surface area contributed by atoms with Crippen LogP contribution in [-0.2, 0) is 9.53 Å². The second kappa shape index (κ2) is 6.12. The highest BCUT2D eigenvalue weighted by atomic mass is 79.9. The minimum Gasteiger partial charge on any atom is -0.468 e. The maximum atomic E-state index is 13.7. The smallest absolute Gasteiger partial charge is 0.327 e. The molecule has 94 valence electrons. The first-order valence-corrected chi connectivity index (χ1v) is 6.03. The van der Waals surface area contributed by atoms with Gasteiger partial charge >= 0.3 is 5.97 Å². The Hall–Kier alpha value is -0.940. The van der Waals surface area contributed by atoms with Crippen molar-refractivity contribution < 1.29 is 13.9 Å². The summed E-state index contributed by atoms with van der Waals surface area (Å²) in [5.74, 6) is -0.938. The molecule has 3 nitrogen and oxygen atoms in total. The summed E-state index contributed by atoms with van der Waals surface area (Å²) in [7, 11) is 1.28. The molecule has 17 heavy (non-hydrogen) atoms. The van der Waals surface area contributed by atoms with Crippen molar-refractivity contribution in [2.45, 2.75) is 25.9 Å². The Morgan fingerprint density at radius 2 is 2.12 bits per heavy atom. The third-order valence-corrected chi connectivity index (χ3v) is 2.70. The summed E-state index contributed by atoms with van der Waals surface area (Å²) in [6, 6.07) is 3.72. The molecular weight excluding hydrogens is 289 g/mol. The third kappa shape index (κ3) is 3.78. The van der Waals surface area contributed by atoms with Crippen LogP contribution in [0.4, 0.5) is 4.39 Å². The Morgan fingerprint density at radius 3 is 2.65 bits per heavy atom. The zero-order valence-corrected chi connectivity index (χ0v) is 11.5. The lowest BCUT2D eigenvalue weighted by molar-refractivity contribution is -0.143. The molecule has 1 atom stereocenters. The quantitative estimate of drug-likeness (QED) is 0.869. The normalized spacial score (nSPS) is 12.6. The van der Waals surface area contributed by atoms with Crippen LogP contribution in [0.25, 0.3) is 0 Å². The number of esters is 1. The van der Waals surface area contributed by atoms with Crippen LogP contribution in [0.5, 0.6) is 0 Å². The second-order valence-corrected chi connectivity index (χ2v) is 4.86. The first-order valence-electron chi connectivity index (χ1n) is 5.24. The topological polar surface area (TPSA) is 38.3 Å². The lowest BCUT2D eigenvalue weighted by atomic mass is 10.1. The van der Waals surface area contributed by atoms with Gasteiger partial charge in [0.05, 0.1) is 7.11 Å². The zero-order valence-electron chi connectivity index (χ0n) is 9.96. The Balaban J connectivity index is 3.11. The maximum absolute atomic E-state index is 13.7. The van der Waals surface area contributed by atoms with Crippen LogP contribution in [0.3, 0.4) is 0 Å². The van der Waals surface area contributed by atoms with Crippen molar-refractivity contribution in [1.29, 1.82) is 0 Å². The van der Waals surface area contributed by atoms with Crippen LogP contribution in [0.15, 0.2) is 22.7 Å². The van der Waals surface area contributed by atoms with E-state index in [-0.39, 0.29) is 11.6 Å². The fourth-order valence-corrected chi connectivity index (χ4v) is 1.85. The van der Waals surface area contributed by atoms with E-state index in [1.807, 2.05) is 13.8 Å². The van der Waals surface area contributed by atoms with Crippen LogP contribution >= 0.6 is 15.9 Å². The average Bonchev–Trinajstić information content (AvgIpc) is 2.28. The second-order valence-electron chi connectivity index (χ2n) is 3.94. The Bertz CT molecular complexity index is 409. The average molecular weight is 304 g/mol. The van der Waals surface area contributed by atoms with Crippen LogP contribution < -0.4 is 5.32 Å². The van der Waals surface area contributed by atoms with Crippen molar-refractivity contribution in [2.75, 3.05) is 7.11 Å². The number of carbonyl (C=O) groups is 1. The highest BCUT2D eigenvalue weighted by Gasteiger charge is 2.25. The van der Waals surface area contributed by atoms with Crippen molar-refractivity contribution >= 4 is 21.9 Å². The van der Waals surface area contributed by atoms with Gasteiger partial charge in [0.1, 0.15) is 11.9 Å². The van der Waals surface area contributed by atoms with Gasteiger partial charge in [0.25, 0.3) is 0 Å². The molecule has 0 aliphatic rings. The third-order valence-electron chi connectivity index (χ3n) is 2.21. The van der Waals surface area contributed by atoms with Gasteiger partial charge in [-0.05, 0) is 32.0 Å². The lowest BCUT2D eigenvalue weighted by Crippen LogP contribution is -2.35. The minimum atomic E-state index is -0.794. The van der Waals surface area contributed by atoms with E-state index in [0.29, 0.717) is 4.47 Å². The number of halogens is 2. The van der Waals surface area contributed by atoms with Crippen LogP contribution in [0.2, 0.25) is 0 Å². The number of benzene rings is 1. The molecule has 5 heteroatoms. The molecule has 1 unspecified atom stereocenters. The Kier molecular flexibility index (Phi) is 5.08. The van der Waals surface area contributed by atoms with E-state index in [9.17, 15) is 9.18 Å². The summed E-state index contributed by atoms with van der Waals surface area (Å²) < 4.78 is 19.1. The summed E-state index contributed by atoms with van der Waals surface area (Å²) in [5.41, 5.74) is 0.278. The highest BCUT2D eigenvalue weighted by Crippen LogP contribution is 2.23. The standard InChI is InChI=1S/C12H15BrFNO2/c1-7(2)15-11(12(16)17-3)9-6-8(13)4-5-10(9)14/h4-7,11,15H,1-3H3. The van der Waals surface area contributed by atoms with Gasteiger partial charge in [-0.3, -0.25) is 5.32 Å². The molecule has 0 fully saturated rings. The van der Waals surface area contributed by atoms with E-state index in [1.165, 1.54) is 13.2 Å². The van der Waals surface area contributed by atoms with Gasteiger partial charge in [-0.25, -0.2) is 9.18 Å². The first-order chi connectivity index (χ1) is 7.95. The molecule has 0 aliphatic heterocycles. The SMILES string of the molecule is COC(=O)C(NC(C)C)c1cc(Br)ccc1F. The molecule has 0 saturated carbocycles. The Labute approximate surface area is 108 Å². The molecule has 1 aromatic carbocycles. The van der Waals surface area contributed by atoms with Crippen molar-refractivity contribution in [3.8, 4) is 0 Å². The number of hydrogen-bond acceptors (Lipinski definition) is 3. The molecule has 0 bridgehead atoms. The monoisotopic (exact) mass is 303 g/mol. The van der Waals surface area contributed by atoms with Crippen molar-refractivity contribution in [3.63, 3.8) is 0 Å². The van der Waals surface area contributed by atoms with Gasteiger partial charge < -0.3 is 4.74 Å². The molecule has 1 N–H and O–H groups in total. The van der Waals surface area contributed by atoms with E-state index < -0.39 is 17.8 Å². The number of rotatable bonds is 4. The predicted molar refractivity (Wildman–Crippen MR) is 67.1 cm³/mol. The molecule has 0 heterocycles. The molecule has 1 rings (SSSR count). The number of nitrogens with one attached hydrogen (secondary N) is 1. The highest BCUT2D eigenvalue weighted by molar-refractivity contribution is 9.10. The molecule has 0 amide bonds. The molecule has 0 saturated heterocycles. The summed E-state index contributed by atoms with van der Waals surface area (Å²) in [6.07, 6.45) is 0. The zero-order chi connectivity index (χ0) is 13.0. The largest absolute Gasteiger partial charge is 0.468 e. The summed E-state index contributed by atoms with van der Waals surface area (Å²) in [6.45, 7) is 3.76. The fourth-order valence-electron chi connectivity index (χ4n) is 1.47. The molecule has 0 spiro atoms.